The predicted octanol–water partition coefficient (Wildman–Crippen LogP) is 3.84. The maximum atomic E-state index is 2.58. The predicted molar refractivity (Wildman–Crippen MR) is 55.5 cm³/mol. The summed E-state index contributed by atoms with van der Waals surface area (Å²) < 4.78 is 0. The molecule has 3 aliphatic carbocycles. The summed E-state index contributed by atoms with van der Waals surface area (Å²) in [7, 11) is 0. The highest BCUT2D eigenvalue weighted by Crippen LogP contribution is 2.64. The summed E-state index contributed by atoms with van der Waals surface area (Å²) in [5, 5.41) is 0. The van der Waals surface area contributed by atoms with Gasteiger partial charge in [0.2, 0.25) is 0 Å². The van der Waals surface area contributed by atoms with Crippen molar-refractivity contribution < 1.29 is 0 Å². The number of hydrogen-bond donors (Lipinski definition) is 0. The Morgan fingerprint density at radius 2 is 2.08 bits per heavy atom. The molecular weight excluding hydrogens is 156 g/mol. The van der Waals surface area contributed by atoms with E-state index in [2.05, 4.69) is 25.2 Å². The van der Waals surface area contributed by atoms with E-state index >= 15 is 0 Å². The highest BCUT2D eigenvalue weighted by Gasteiger charge is 2.54. The molecule has 3 rings (SSSR count). The van der Waals surface area contributed by atoms with Crippen LogP contribution in [0.25, 0.3) is 0 Å². The molecule has 1 saturated carbocycles. The Labute approximate surface area is 80.7 Å². The minimum absolute atomic E-state index is 0.509. The lowest BCUT2D eigenvalue weighted by Gasteiger charge is -2.44. The second kappa shape index (κ2) is 2.29. The van der Waals surface area contributed by atoms with Gasteiger partial charge in [-0.1, -0.05) is 36.6 Å². The second-order valence-electron chi connectivity index (χ2n) is 5.30. The molecule has 0 aromatic heterocycles. The maximum absolute atomic E-state index is 2.58. The summed E-state index contributed by atoms with van der Waals surface area (Å²) in [6.45, 7) is 2.32. The summed E-state index contributed by atoms with van der Waals surface area (Å²) in [6, 6.07) is 0. The first kappa shape index (κ1) is 7.84. The molecule has 0 nitrogen and oxygen atoms in total. The van der Waals surface area contributed by atoms with Gasteiger partial charge >= 0.3 is 0 Å². The minimum atomic E-state index is 0.509. The smallest absolute Gasteiger partial charge is 0.0126 e. The summed E-state index contributed by atoms with van der Waals surface area (Å²) in [5.74, 6) is 0. The molecule has 70 valence electrons. The van der Waals surface area contributed by atoms with Crippen LogP contribution in [0.3, 0.4) is 0 Å². The van der Waals surface area contributed by atoms with Crippen molar-refractivity contribution in [2.75, 3.05) is 0 Å². The van der Waals surface area contributed by atoms with Crippen LogP contribution in [-0.2, 0) is 0 Å². The zero-order chi connectivity index (χ0) is 8.94. The molecule has 3 aliphatic rings. The fourth-order valence-corrected chi connectivity index (χ4v) is 4.05. The molecule has 13 heavy (non-hydrogen) atoms. The molecule has 2 atom stereocenters. The average molecular weight is 174 g/mol. The van der Waals surface area contributed by atoms with E-state index < -0.39 is 0 Å². The van der Waals surface area contributed by atoms with E-state index in [1.54, 1.807) is 5.57 Å². The maximum Gasteiger partial charge on any atom is 0.0126 e. The van der Waals surface area contributed by atoms with E-state index in [1.165, 1.54) is 38.5 Å². The van der Waals surface area contributed by atoms with E-state index in [1.807, 2.05) is 0 Å². The molecule has 0 aromatic carbocycles. The van der Waals surface area contributed by atoms with Gasteiger partial charge in [-0.3, -0.25) is 0 Å². The Morgan fingerprint density at radius 1 is 1.23 bits per heavy atom. The first-order valence-corrected chi connectivity index (χ1v) is 5.63. The molecule has 0 spiro atoms. The Morgan fingerprint density at radius 3 is 2.92 bits per heavy atom. The molecule has 0 N–H and O–H groups in total. The summed E-state index contributed by atoms with van der Waals surface area (Å²) in [6.07, 6.45) is 16.0. The molecule has 1 fully saturated rings. The fraction of sp³-hybridized carbons (Fsp3) is 0.692. The number of hydrogen-bond acceptors (Lipinski definition) is 0. The Hall–Kier alpha value is -0.520. The third-order valence-electron chi connectivity index (χ3n) is 4.53. The first-order chi connectivity index (χ1) is 6.27. The monoisotopic (exact) mass is 174 g/mol. The fourth-order valence-electron chi connectivity index (χ4n) is 4.05. The third kappa shape index (κ3) is 0.820. The molecule has 0 saturated heterocycles. The number of rotatable bonds is 0. The normalized spacial score (nSPS) is 47.3. The van der Waals surface area contributed by atoms with Crippen molar-refractivity contribution in [3.05, 3.63) is 23.8 Å². The largest absolute Gasteiger partial charge is 0.0870 e. The van der Waals surface area contributed by atoms with Gasteiger partial charge in [0.05, 0.1) is 0 Å². The van der Waals surface area contributed by atoms with Crippen molar-refractivity contribution in [1.82, 2.24) is 0 Å². The summed E-state index contributed by atoms with van der Waals surface area (Å²) in [5.41, 5.74) is 2.80. The SMILES string of the molecule is CC1=CC23C=CCC2(CCCC3)C1. The van der Waals surface area contributed by atoms with E-state index in [-0.39, 0.29) is 0 Å². The first-order valence-electron chi connectivity index (χ1n) is 5.63. The van der Waals surface area contributed by atoms with Crippen molar-refractivity contribution >= 4 is 0 Å². The van der Waals surface area contributed by atoms with Crippen LogP contribution in [0.15, 0.2) is 23.8 Å². The average Bonchev–Trinajstić information content (AvgIpc) is 2.54. The van der Waals surface area contributed by atoms with Crippen LogP contribution in [-0.4, -0.2) is 0 Å². The highest BCUT2D eigenvalue weighted by molar-refractivity contribution is 5.35. The van der Waals surface area contributed by atoms with Gasteiger partial charge < -0.3 is 0 Å². The van der Waals surface area contributed by atoms with Crippen molar-refractivity contribution in [1.29, 1.82) is 0 Å². The third-order valence-corrected chi connectivity index (χ3v) is 4.53. The summed E-state index contributed by atoms with van der Waals surface area (Å²) in [4.78, 5) is 0. The van der Waals surface area contributed by atoms with Crippen LogP contribution >= 0.6 is 0 Å². The van der Waals surface area contributed by atoms with Gasteiger partial charge in [0, 0.05) is 5.41 Å². The van der Waals surface area contributed by atoms with Gasteiger partial charge in [-0.2, -0.15) is 0 Å². The van der Waals surface area contributed by atoms with E-state index in [0.717, 1.165) is 0 Å². The van der Waals surface area contributed by atoms with Crippen molar-refractivity contribution in [3.63, 3.8) is 0 Å². The van der Waals surface area contributed by atoms with Gasteiger partial charge in [0.15, 0.2) is 0 Å². The highest BCUT2D eigenvalue weighted by atomic mass is 14.6. The van der Waals surface area contributed by atoms with Crippen molar-refractivity contribution in [2.24, 2.45) is 10.8 Å². The molecule has 0 aliphatic heterocycles. The van der Waals surface area contributed by atoms with E-state index in [4.69, 9.17) is 0 Å². The lowest BCUT2D eigenvalue weighted by molar-refractivity contribution is 0.102. The van der Waals surface area contributed by atoms with Gasteiger partial charge in [-0.05, 0) is 38.0 Å². The Bertz CT molecular complexity index is 297. The van der Waals surface area contributed by atoms with Gasteiger partial charge in [-0.25, -0.2) is 0 Å². The van der Waals surface area contributed by atoms with Gasteiger partial charge in [0.25, 0.3) is 0 Å². The van der Waals surface area contributed by atoms with Gasteiger partial charge in [0.1, 0.15) is 0 Å². The molecular formula is C13H18. The van der Waals surface area contributed by atoms with E-state index in [9.17, 15) is 0 Å². The minimum Gasteiger partial charge on any atom is -0.0870 e. The topological polar surface area (TPSA) is 0 Å². The number of allylic oxidation sites excluding steroid dienone is 4. The zero-order valence-electron chi connectivity index (χ0n) is 8.47. The van der Waals surface area contributed by atoms with Crippen molar-refractivity contribution in [3.8, 4) is 0 Å². The Kier molecular flexibility index (Phi) is 1.38. The van der Waals surface area contributed by atoms with Crippen LogP contribution in [0, 0.1) is 10.8 Å². The quantitative estimate of drug-likeness (QED) is 0.489. The molecule has 0 aromatic rings. The standard InChI is InChI=1S/C13H18/c1-11-9-12-5-2-3-6-13(12,10-11)8-4-7-12/h4,7,9H,2-3,5-6,8,10H2,1H3. The molecule has 0 amide bonds. The van der Waals surface area contributed by atoms with Crippen LogP contribution < -0.4 is 0 Å². The molecule has 2 unspecified atom stereocenters. The molecule has 0 heterocycles. The van der Waals surface area contributed by atoms with Crippen LogP contribution in [0.5, 0.6) is 0 Å². The van der Waals surface area contributed by atoms with Crippen LogP contribution in [0.4, 0.5) is 0 Å². The van der Waals surface area contributed by atoms with Crippen LogP contribution in [0.2, 0.25) is 0 Å². The molecule has 0 radical (unpaired) electrons. The molecule has 0 bridgehead atoms. The van der Waals surface area contributed by atoms with Crippen LogP contribution in [0.1, 0.15) is 45.4 Å². The van der Waals surface area contributed by atoms with E-state index in [0.29, 0.717) is 10.8 Å². The Balaban J connectivity index is 2.09. The van der Waals surface area contributed by atoms with Gasteiger partial charge in [-0.15, -0.1) is 0 Å². The zero-order valence-corrected chi connectivity index (χ0v) is 8.47. The lowest BCUT2D eigenvalue weighted by atomic mass is 9.59. The second-order valence-corrected chi connectivity index (χ2v) is 5.30. The lowest BCUT2D eigenvalue weighted by Crippen LogP contribution is -2.35. The summed E-state index contributed by atoms with van der Waals surface area (Å²) >= 11 is 0. The molecule has 0 heteroatoms. The van der Waals surface area contributed by atoms with Crippen molar-refractivity contribution in [2.45, 2.75) is 45.4 Å².